The van der Waals surface area contributed by atoms with E-state index in [9.17, 15) is 4.79 Å². The number of hydrogen-bond donors (Lipinski definition) is 0. The highest BCUT2D eigenvalue weighted by atomic mass is 32.2. The maximum atomic E-state index is 12.7. The molecule has 232 valence electrons. The second kappa shape index (κ2) is 19.6. The van der Waals surface area contributed by atoms with Crippen molar-refractivity contribution in [3.8, 4) is 11.5 Å². The monoisotopic (exact) mass is 594 g/mol. The smallest absolute Gasteiger partial charge is 0.223 e. The van der Waals surface area contributed by atoms with Crippen molar-refractivity contribution < 1.29 is 14.3 Å². The van der Waals surface area contributed by atoms with Gasteiger partial charge in [-0.1, -0.05) is 102 Å². The minimum Gasteiger partial charge on any atom is -0.493 e. The Morgan fingerprint density at radius 3 is 2.19 bits per heavy atom. The molecule has 0 unspecified atom stereocenters. The molecule has 0 aromatic heterocycles. The van der Waals surface area contributed by atoms with Crippen LogP contribution in [-0.2, 0) is 17.8 Å². The Hall–Kier alpha value is -2.60. The van der Waals surface area contributed by atoms with Gasteiger partial charge in [0.15, 0.2) is 11.5 Å². The van der Waals surface area contributed by atoms with Crippen molar-refractivity contribution in [3.05, 3.63) is 64.7 Å². The molecule has 0 saturated heterocycles. The molecule has 0 N–H and O–H groups in total. The van der Waals surface area contributed by atoms with E-state index in [1.807, 2.05) is 28.8 Å². The van der Waals surface area contributed by atoms with E-state index in [4.69, 9.17) is 9.47 Å². The predicted octanol–water partition coefficient (Wildman–Crippen LogP) is 9.74. The van der Waals surface area contributed by atoms with Crippen LogP contribution >= 0.6 is 11.8 Å². The van der Waals surface area contributed by atoms with E-state index in [1.54, 1.807) is 14.0 Å². The molecule has 0 aliphatic carbocycles. The zero-order valence-electron chi connectivity index (χ0n) is 26.7. The van der Waals surface area contributed by atoms with Gasteiger partial charge in [-0.2, -0.15) is 0 Å². The fraction of sp³-hybridized carbons (Fsp3) is 0.583. The summed E-state index contributed by atoms with van der Waals surface area (Å²) in [6.45, 7) is 8.19. The largest absolute Gasteiger partial charge is 0.493 e. The summed E-state index contributed by atoms with van der Waals surface area (Å²) >= 11 is 1.85. The molecule has 0 saturated carbocycles. The van der Waals surface area contributed by atoms with Crippen LogP contribution in [0.15, 0.2) is 53.6 Å². The van der Waals surface area contributed by atoms with Crippen LogP contribution in [0.5, 0.6) is 11.5 Å². The molecule has 2 aromatic carbocycles. The van der Waals surface area contributed by atoms with E-state index in [0.29, 0.717) is 13.2 Å². The van der Waals surface area contributed by atoms with Crippen LogP contribution < -0.4 is 14.4 Å². The minimum atomic E-state index is 0.0549. The van der Waals surface area contributed by atoms with E-state index in [2.05, 4.69) is 55.3 Å². The van der Waals surface area contributed by atoms with Crippen molar-refractivity contribution in [2.24, 2.45) is 0 Å². The fourth-order valence-electron chi connectivity index (χ4n) is 5.53. The number of anilines is 1. The first kappa shape index (κ1) is 33.9. The molecule has 1 heterocycles. The lowest BCUT2D eigenvalue weighted by atomic mass is 10.1. The number of allylic oxidation sites excluding steroid dienone is 1. The summed E-state index contributed by atoms with van der Waals surface area (Å²) in [5.41, 5.74) is 3.28. The topological polar surface area (TPSA) is 42.0 Å². The number of ether oxygens (including phenoxy) is 2. The quantitative estimate of drug-likeness (QED) is 0.135. The molecule has 1 aliphatic heterocycles. The van der Waals surface area contributed by atoms with Crippen molar-refractivity contribution in [1.29, 1.82) is 0 Å². The number of amides is 1. The lowest BCUT2D eigenvalue weighted by Crippen LogP contribution is -2.32. The molecule has 2 aromatic rings. The number of hydrogen-bond acceptors (Lipinski definition) is 5. The number of carbonyl (C=O) groups excluding carboxylic acids is 1. The highest BCUT2D eigenvalue weighted by Gasteiger charge is 2.18. The number of rotatable bonds is 21. The Labute approximate surface area is 260 Å². The van der Waals surface area contributed by atoms with Gasteiger partial charge in [-0.3, -0.25) is 4.79 Å². The standard InChI is InChI=1S/C36H54N2O3S/c1-5-6-7-8-9-10-11-12-13-14-15-18-25-41-35-22-21-32(26-36(35)40-4)23-24-38(31(3)39)34-20-17-16-19-33(34)28-37-27-30(2)42-29-37/h16-17,19-22,26-27H,5-15,18,23-25,28-29H2,1-4H3. The van der Waals surface area contributed by atoms with Gasteiger partial charge in [0.2, 0.25) is 5.91 Å². The summed E-state index contributed by atoms with van der Waals surface area (Å²) < 4.78 is 11.8. The molecular weight excluding hydrogens is 540 g/mol. The number of nitrogens with zero attached hydrogens (tertiary/aromatic N) is 2. The molecule has 0 radical (unpaired) electrons. The fourth-order valence-corrected chi connectivity index (χ4v) is 6.29. The van der Waals surface area contributed by atoms with Gasteiger partial charge < -0.3 is 19.3 Å². The molecule has 42 heavy (non-hydrogen) atoms. The van der Waals surface area contributed by atoms with Crippen LogP contribution in [-0.4, -0.2) is 36.9 Å². The summed E-state index contributed by atoms with van der Waals surface area (Å²) in [6, 6.07) is 14.4. The SMILES string of the molecule is CCCCCCCCCCCCCCOc1ccc(CCN(C(C)=O)c2ccccc2CN2C=C(C)SC2)cc1OC. The zero-order valence-corrected chi connectivity index (χ0v) is 27.5. The third-order valence-corrected chi connectivity index (χ3v) is 8.99. The molecule has 0 bridgehead atoms. The minimum absolute atomic E-state index is 0.0549. The Kier molecular flexibility index (Phi) is 15.8. The van der Waals surface area contributed by atoms with E-state index in [-0.39, 0.29) is 5.91 Å². The summed E-state index contributed by atoms with van der Waals surface area (Å²) in [4.78, 5) is 18.3. The molecule has 0 atom stereocenters. The van der Waals surface area contributed by atoms with Crippen LogP contribution in [0.4, 0.5) is 5.69 Å². The van der Waals surface area contributed by atoms with Crippen LogP contribution in [0.3, 0.4) is 0 Å². The van der Waals surface area contributed by atoms with Gasteiger partial charge in [-0.25, -0.2) is 0 Å². The first-order valence-corrected chi connectivity index (χ1v) is 17.2. The second-order valence-electron chi connectivity index (χ2n) is 11.5. The summed E-state index contributed by atoms with van der Waals surface area (Å²) in [5.74, 6) is 2.56. The van der Waals surface area contributed by atoms with E-state index in [0.717, 1.165) is 48.0 Å². The average molecular weight is 595 g/mol. The maximum Gasteiger partial charge on any atom is 0.223 e. The summed E-state index contributed by atoms with van der Waals surface area (Å²) in [6.07, 6.45) is 19.0. The van der Waals surface area contributed by atoms with E-state index in [1.165, 1.54) is 81.1 Å². The first-order chi connectivity index (χ1) is 20.5. The Bertz CT molecular complexity index is 1100. The maximum absolute atomic E-state index is 12.7. The molecule has 1 amide bonds. The van der Waals surface area contributed by atoms with Crippen molar-refractivity contribution in [2.45, 2.75) is 111 Å². The van der Waals surface area contributed by atoms with Crippen molar-refractivity contribution in [1.82, 2.24) is 4.90 Å². The molecule has 0 fully saturated rings. The Balaban J connectivity index is 1.42. The lowest BCUT2D eigenvalue weighted by molar-refractivity contribution is -0.116. The van der Waals surface area contributed by atoms with Gasteiger partial charge in [0, 0.05) is 31.9 Å². The van der Waals surface area contributed by atoms with Crippen LogP contribution in [0.25, 0.3) is 0 Å². The van der Waals surface area contributed by atoms with Crippen molar-refractivity contribution in [2.75, 3.05) is 31.0 Å². The summed E-state index contributed by atoms with van der Waals surface area (Å²) in [7, 11) is 1.70. The summed E-state index contributed by atoms with van der Waals surface area (Å²) in [5, 5.41) is 0. The van der Waals surface area contributed by atoms with Crippen molar-refractivity contribution >= 4 is 23.4 Å². The Morgan fingerprint density at radius 2 is 1.57 bits per heavy atom. The molecule has 0 spiro atoms. The average Bonchev–Trinajstić information content (AvgIpc) is 3.40. The number of methoxy groups -OCH3 is 1. The van der Waals surface area contributed by atoms with Crippen LogP contribution in [0.1, 0.15) is 109 Å². The number of para-hydroxylation sites is 1. The molecule has 1 aliphatic rings. The highest BCUT2D eigenvalue weighted by Crippen LogP contribution is 2.31. The number of unbranched alkanes of at least 4 members (excludes halogenated alkanes) is 11. The van der Waals surface area contributed by atoms with E-state index < -0.39 is 0 Å². The molecule has 5 nitrogen and oxygen atoms in total. The normalized spacial score (nSPS) is 12.9. The van der Waals surface area contributed by atoms with E-state index >= 15 is 0 Å². The second-order valence-corrected chi connectivity index (χ2v) is 12.7. The van der Waals surface area contributed by atoms with Crippen LogP contribution in [0, 0.1) is 0 Å². The predicted molar refractivity (Wildman–Crippen MR) is 179 cm³/mol. The molecular formula is C36H54N2O3S. The van der Waals surface area contributed by atoms with Crippen LogP contribution in [0.2, 0.25) is 0 Å². The molecule has 6 heteroatoms. The van der Waals surface area contributed by atoms with Gasteiger partial charge >= 0.3 is 0 Å². The van der Waals surface area contributed by atoms with Gasteiger partial charge in [-0.15, -0.1) is 11.8 Å². The third-order valence-electron chi connectivity index (χ3n) is 7.97. The van der Waals surface area contributed by atoms with Gasteiger partial charge in [0.05, 0.1) is 19.6 Å². The van der Waals surface area contributed by atoms with Gasteiger partial charge in [0.25, 0.3) is 0 Å². The number of carbonyl (C=O) groups is 1. The van der Waals surface area contributed by atoms with Gasteiger partial charge in [0.1, 0.15) is 0 Å². The lowest BCUT2D eigenvalue weighted by Gasteiger charge is -2.26. The first-order valence-electron chi connectivity index (χ1n) is 16.2. The van der Waals surface area contributed by atoms with Gasteiger partial charge in [-0.05, 0) is 54.0 Å². The highest BCUT2D eigenvalue weighted by molar-refractivity contribution is 8.03. The Morgan fingerprint density at radius 1 is 0.905 bits per heavy atom. The van der Waals surface area contributed by atoms with Crippen molar-refractivity contribution in [3.63, 3.8) is 0 Å². The third kappa shape index (κ3) is 11.9. The number of thioether (sulfide) groups is 1. The number of benzene rings is 2. The zero-order chi connectivity index (χ0) is 30.0. The molecule has 3 rings (SSSR count).